The van der Waals surface area contributed by atoms with Crippen molar-refractivity contribution in [2.45, 2.75) is 13.5 Å². The second kappa shape index (κ2) is 6.39. The number of nitrogens with zero attached hydrogens (tertiary/aromatic N) is 2. The molecule has 0 saturated carbocycles. The first-order valence-electron chi connectivity index (χ1n) is 4.94. The number of aromatic nitrogens is 1. The molecular formula is C10H14N4O2. The van der Waals surface area contributed by atoms with Gasteiger partial charge >= 0.3 is 0 Å². The smallest absolute Gasteiger partial charge is 0.274 e. The molecule has 6 heteroatoms. The van der Waals surface area contributed by atoms with Crippen LogP contribution in [-0.2, 0) is 6.54 Å². The average Bonchev–Trinajstić information content (AvgIpc) is 2.27. The molecule has 0 aliphatic rings. The van der Waals surface area contributed by atoms with Crippen LogP contribution in [-0.4, -0.2) is 16.5 Å². The predicted molar refractivity (Wildman–Crippen MR) is 59.8 cm³/mol. The Hall–Kier alpha value is -2.11. The Balaban J connectivity index is 2.54. The predicted octanol–water partition coefficient (Wildman–Crippen LogP) is 0.856. The normalized spacial score (nSPS) is 10.9. The highest BCUT2D eigenvalue weighted by molar-refractivity contribution is 5.09. The van der Waals surface area contributed by atoms with Gasteiger partial charge in [-0.25, -0.2) is 0 Å². The van der Waals surface area contributed by atoms with E-state index in [2.05, 4.69) is 15.6 Å². The van der Waals surface area contributed by atoms with E-state index in [0.29, 0.717) is 18.9 Å². The SMILES string of the molecule is CCN/C(=C\[N+](=O)[O-])NCc1cccnc1. The molecule has 0 aliphatic heterocycles. The lowest BCUT2D eigenvalue weighted by atomic mass is 10.3. The zero-order chi connectivity index (χ0) is 11.8. The van der Waals surface area contributed by atoms with E-state index < -0.39 is 4.92 Å². The van der Waals surface area contributed by atoms with Crippen molar-refractivity contribution < 1.29 is 4.92 Å². The van der Waals surface area contributed by atoms with E-state index in [1.54, 1.807) is 12.4 Å². The van der Waals surface area contributed by atoms with Gasteiger partial charge in [-0.1, -0.05) is 6.07 Å². The van der Waals surface area contributed by atoms with Crippen LogP contribution in [0.2, 0.25) is 0 Å². The maximum Gasteiger partial charge on any atom is 0.274 e. The Kier molecular flexibility index (Phi) is 4.78. The topological polar surface area (TPSA) is 80.1 Å². The summed E-state index contributed by atoms with van der Waals surface area (Å²) in [7, 11) is 0. The monoisotopic (exact) mass is 222 g/mol. The van der Waals surface area contributed by atoms with E-state index in [4.69, 9.17) is 0 Å². The van der Waals surface area contributed by atoms with Gasteiger partial charge < -0.3 is 10.6 Å². The molecule has 0 saturated heterocycles. The van der Waals surface area contributed by atoms with Crippen molar-refractivity contribution in [3.05, 3.63) is 52.2 Å². The van der Waals surface area contributed by atoms with Gasteiger partial charge in [0, 0.05) is 25.5 Å². The number of rotatable bonds is 6. The highest BCUT2D eigenvalue weighted by atomic mass is 16.6. The lowest BCUT2D eigenvalue weighted by Gasteiger charge is -2.09. The van der Waals surface area contributed by atoms with Gasteiger partial charge in [-0.2, -0.15) is 0 Å². The maximum absolute atomic E-state index is 10.3. The van der Waals surface area contributed by atoms with E-state index in [1.165, 1.54) is 0 Å². The number of hydrogen-bond donors (Lipinski definition) is 2. The lowest BCUT2D eigenvalue weighted by molar-refractivity contribution is -0.404. The molecule has 0 atom stereocenters. The quantitative estimate of drug-likeness (QED) is 0.551. The fourth-order valence-electron chi connectivity index (χ4n) is 1.15. The van der Waals surface area contributed by atoms with Crippen molar-refractivity contribution in [2.24, 2.45) is 0 Å². The first kappa shape index (κ1) is 12.0. The summed E-state index contributed by atoms with van der Waals surface area (Å²) in [6.07, 6.45) is 4.31. The summed E-state index contributed by atoms with van der Waals surface area (Å²) in [4.78, 5) is 13.8. The fourth-order valence-corrected chi connectivity index (χ4v) is 1.15. The third kappa shape index (κ3) is 4.41. The molecule has 0 fully saturated rings. The molecule has 16 heavy (non-hydrogen) atoms. The molecule has 0 aromatic carbocycles. The Morgan fingerprint density at radius 1 is 1.62 bits per heavy atom. The van der Waals surface area contributed by atoms with Crippen LogP contribution < -0.4 is 10.6 Å². The van der Waals surface area contributed by atoms with E-state index >= 15 is 0 Å². The summed E-state index contributed by atoms with van der Waals surface area (Å²) in [6.45, 7) is 3.00. The highest BCUT2D eigenvalue weighted by Gasteiger charge is 2.00. The van der Waals surface area contributed by atoms with Crippen LogP contribution in [0.15, 0.2) is 36.5 Å². The number of hydrogen-bond acceptors (Lipinski definition) is 5. The maximum atomic E-state index is 10.3. The highest BCUT2D eigenvalue weighted by Crippen LogP contribution is 1.96. The Morgan fingerprint density at radius 3 is 3.00 bits per heavy atom. The minimum atomic E-state index is -0.492. The van der Waals surface area contributed by atoms with Crippen molar-refractivity contribution >= 4 is 0 Å². The molecule has 0 amide bonds. The van der Waals surface area contributed by atoms with Gasteiger partial charge in [-0.05, 0) is 18.6 Å². The van der Waals surface area contributed by atoms with Crippen LogP contribution in [0.1, 0.15) is 12.5 Å². The van der Waals surface area contributed by atoms with Crippen LogP contribution in [0.25, 0.3) is 0 Å². The first-order chi connectivity index (χ1) is 7.72. The van der Waals surface area contributed by atoms with Gasteiger partial charge in [0.05, 0.1) is 4.92 Å². The molecule has 0 unspecified atom stereocenters. The lowest BCUT2D eigenvalue weighted by Crippen LogP contribution is -2.26. The molecule has 0 radical (unpaired) electrons. The molecule has 1 aromatic heterocycles. The molecule has 1 heterocycles. The van der Waals surface area contributed by atoms with Gasteiger partial charge in [0.1, 0.15) is 0 Å². The third-order valence-electron chi connectivity index (χ3n) is 1.81. The second-order valence-corrected chi connectivity index (χ2v) is 3.07. The van der Waals surface area contributed by atoms with Crippen LogP contribution in [0, 0.1) is 10.1 Å². The number of pyridine rings is 1. The second-order valence-electron chi connectivity index (χ2n) is 3.07. The van der Waals surface area contributed by atoms with Crippen molar-refractivity contribution in [3.63, 3.8) is 0 Å². The summed E-state index contributed by atoms with van der Waals surface area (Å²) >= 11 is 0. The van der Waals surface area contributed by atoms with Crippen molar-refractivity contribution in [3.8, 4) is 0 Å². The zero-order valence-electron chi connectivity index (χ0n) is 9.01. The molecule has 0 aliphatic carbocycles. The Bertz CT molecular complexity index is 364. The van der Waals surface area contributed by atoms with Crippen LogP contribution in [0.5, 0.6) is 0 Å². The summed E-state index contributed by atoms with van der Waals surface area (Å²) in [6, 6.07) is 3.72. The molecular weight excluding hydrogens is 208 g/mol. The van der Waals surface area contributed by atoms with Gasteiger partial charge in [0.25, 0.3) is 6.20 Å². The van der Waals surface area contributed by atoms with Crippen molar-refractivity contribution in [2.75, 3.05) is 6.54 Å². The first-order valence-corrected chi connectivity index (χ1v) is 4.94. The molecule has 0 bridgehead atoms. The molecule has 1 rings (SSSR count). The van der Waals surface area contributed by atoms with Gasteiger partial charge in [-0.3, -0.25) is 15.1 Å². The molecule has 86 valence electrons. The van der Waals surface area contributed by atoms with Crippen molar-refractivity contribution in [1.29, 1.82) is 0 Å². The van der Waals surface area contributed by atoms with Gasteiger partial charge in [-0.15, -0.1) is 0 Å². The average molecular weight is 222 g/mol. The number of nitrogens with one attached hydrogen (secondary N) is 2. The number of nitro groups is 1. The molecule has 0 spiro atoms. The largest absolute Gasteiger partial charge is 0.367 e. The van der Waals surface area contributed by atoms with E-state index in [1.807, 2.05) is 19.1 Å². The standard InChI is InChI=1S/C10H14N4O2/c1-2-12-10(8-14(15)16)13-7-9-4-3-5-11-6-9/h3-6,8,12-13H,2,7H2,1H3/b10-8+. The minimum Gasteiger partial charge on any atom is -0.367 e. The van der Waals surface area contributed by atoms with E-state index in [0.717, 1.165) is 11.8 Å². The summed E-state index contributed by atoms with van der Waals surface area (Å²) in [5, 5.41) is 16.1. The summed E-state index contributed by atoms with van der Waals surface area (Å²) < 4.78 is 0. The minimum absolute atomic E-state index is 0.399. The molecule has 1 aromatic rings. The van der Waals surface area contributed by atoms with Crippen LogP contribution >= 0.6 is 0 Å². The van der Waals surface area contributed by atoms with E-state index in [-0.39, 0.29) is 0 Å². The van der Waals surface area contributed by atoms with E-state index in [9.17, 15) is 10.1 Å². The Morgan fingerprint density at radius 2 is 2.44 bits per heavy atom. The van der Waals surface area contributed by atoms with Gasteiger partial charge in [0.15, 0.2) is 5.82 Å². The zero-order valence-corrected chi connectivity index (χ0v) is 9.01. The summed E-state index contributed by atoms with van der Waals surface area (Å²) in [5.74, 6) is 0.399. The van der Waals surface area contributed by atoms with Crippen LogP contribution in [0.3, 0.4) is 0 Å². The van der Waals surface area contributed by atoms with Crippen molar-refractivity contribution in [1.82, 2.24) is 15.6 Å². The fraction of sp³-hybridized carbons (Fsp3) is 0.300. The van der Waals surface area contributed by atoms with Crippen LogP contribution in [0.4, 0.5) is 0 Å². The third-order valence-corrected chi connectivity index (χ3v) is 1.81. The Labute approximate surface area is 93.5 Å². The molecule has 6 nitrogen and oxygen atoms in total. The summed E-state index contributed by atoms with van der Waals surface area (Å²) in [5.41, 5.74) is 0.967. The van der Waals surface area contributed by atoms with Gasteiger partial charge in [0.2, 0.25) is 0 Å². The molecule has 2 N–H and O–H groups in total.